The maximum absolute atomic E-state index is 12.9. The van der Waals surface area contributed by atoms with Crippen LogP contribution < -0.4 is 19.3 Å². The van der Waals surface area contributed by atoms with Crippen molar-refractivity contribution < 1.29 is 23.1 Å². The summed E-state index contributed by atoms with van der Waals surface area (Å²) in [6.07, 6.45) is 0.809. The molecular weight excluding hydrogens is 623 g/mol. The maximum atomic E-state index is 12.9. The molecule has 0 saturated carbocycles. The van der Waals surface area contributed by atoms with Crippen LogP contribution in [0.2, 0.25) is 0 Å². The summed E-state index contributed by atoms with van der Waals surface area (Å²) in [6.45, 7) is 4.87. The van der Waals surface area contributed by atoms with E-state index in [-0.39, 0.29) is 53.4 Å². The van der Waals surface area contributed by atoms with E-state index in [4.69, 9.17) is 9.72 Å². The zero-order chi connectivity index (χ0) is 27.6. The number of aryl methyl sites for hydroxylation is 1. The number of rotatable bonds is 8. The van der Waals surface area contributed by atoms with Gasteiger partial charge in [0.2, 0.25) is 0 Å². The van der Waals surface area contributed by atoms with Gasteiger partial charge in [-0.1, -0.05) is 19.1 Å². The number of carboxylic acid groups (broad SMARTS) is 1. The quantitative estimate of drug-likeness (QED) is 0.242. The molecule has 1 aliphatic rings. The van der Waals surface area contributed by atoms with Gasteiger partial charge in [0.1, 0.15) is 11.6 Å². The third-order valence-corrected chi connectivity index (χ3v) is 8.36. The van der Waals surface area contributed by atoms with Gasteiger partial charge in [-0.2, -0.15) is 0 Å². The first kappa shape index (κ1) is 34.8. The fourth-order valence-electron chi connectivity index (χ4n) is 4.72. The van der Waals surface area contributed by atoms with Crippen LogP contribution in [0.3, 0.4) is 0 Å². The highest BCUT2D eigenvalue weighted by atomic mass is 35.5. The average Bonchev–Trinajstić information content (AvgIpc) is 2.96. The summed E-state index contributed by atoms with van der Waals surface area (Å²) >= 11 is 0. The van der Waals surface area contributed by atoms with Crippen LogP contribution >= 0.6 is 37.2 Å². The van der Waals surface area contributed by atoms with E-state index in [1.807, 2.05) is 31.2 Å². The van der Waals surface area contributed by atoms with E-state index in [2.05, 4.69) is 14.5 Å². The zero-order valence-corrected chi connectivity index (χ0v) is 26.3. The second-order valence-electron chi connectivity index (χ2n) is 9.34. The molecule has 0 bridgehead atoms. The molecule has 13 heteroatoms. The lowest BCUT2D eigenvalue weighted by Crippen LogP contribution is -2.46. The Kier molecular flexibility index (Phi) is 12.1. The van der Waals surface area contributed by atoms with Gasteiger partial charge < -0.3 is 19.6 Å². The SMILES string of the molecule is CCc1ccc(S(=O)(=O)Nc2ccc3nc(N4CCN(c5ccc(OC)cc5)CC4)cc(C(=O)O)c3c2)cc1.Cl.Cl.Cl. The van der Waals surface area contributed by atoms with Crippen molar-refractivity contribution in [3.05, 3.63) is 83.9 Å². The molecule has 2 heterocycles. The Labute approximate surface area is 264 Å². The number of anilines is 3. The number of ether oxygens (including phenoxy) is 1. The number of halogens is 3. The summed E-state index contributed by atoms with van der Waals surface area (Å²) in [5, 5.41) is 10.4. The Hall–Kier alpha value is -3.44. The number of carboxylic acids is 1. The standard InChI is InChI=1S/C29H30N4O5S.3ClH/c1-3-20-4-11-24(12-5-20)39(36,37)31-21-6-13-27-25(18-21)26(29(34)35)19-28(30-27)33-16-14-32(15-17-33)22-7-9-23(38-2)10-8-22;;;/h4-13,18-19,31H,3,14-17H2,1-2H3,(H,34,35);3*1H. The highest BCUT2D eigenvalue weighted by molar-refractivity contribution is 7.92. The number of pyridine rings is 1. The first-order chi connectivity index (χ1) is 18.8. The van der Waals surface area contributed by atoms with E-state index in [0.717, 1.165) is 36.5 Å². The number of aromatic nitrogens is 1. The van der Waals surface area contributed by atoms with E-state index in [1.54, 1.807) is 49.6 Å². The van der Waals surface area contributed by atoms with E-state index in [1.165, 1.54) is 6.07 Å². The van der Waals surface area contributed by atoms with E-state index >= 15 is 0 Å². The molecule has 0 radical (unpaired) electrons. The van der Waals surface area contributed by atoms with Crippen LogP contribution in [0.15, 0.2) is 77.7 Å². The van der Waals surface area contributed by atoms with Crippen LogP contribution in [0.5, 0.6) is 5.75 Å². The van der Waals surface area contributed by atoms with Gasteiger partial charge in [0.15, 0.2) is 0 Å². The molecule has 226 valence electrons. The molecule has 1 saturated heterocycles. The van der Waals surface area contributed by atoms with Crippen molar-refractivity contribution >= 4 is 81.3 Å². The lowest BCUT2D eigenvalue weighted by atomic mass is 10.1. The predicted molar refractivity (Wildman–Crippen MR) is 174 cm³/mol. The largest absolute Gasteiger partial charge is 0.497 e. The summed E-state index contributed by atoms with van der Waals surface area (Å²) in [5.74, 6) is 0.287. The fraction of sp³-hybridized carbons (Fsp3) is 0.241. The predicted octanol–water partition coefficient (Wildman–Crippen LogP) is 5.90. The number of benzene rings is 3. The third kappa shape index (κ3) is 7.49. The van der Waals surface area contributed by atoms with Gasteiger partial charge in [-0.25, -0.2) is 18.2 Å². The molecule has 1 aliphatic heterocycles. The minimum absolute atomic E-state index is 0. The van der Waals surface area contributed by atoms with Crippen molar-refractivity contribution in [2.45, 2.75) is 18.2 Å². The fourth-order valence-corrected chi connectivity index (χ4v) is 5.77. The number of carbonyl (C=O) groups is 1. The molecule has 0 amide bonds. The minimum Gasteiger partial charge on any atom is -0.497 e. The van der Waals surface area contributed by atoms with Gasteiger partial charge in [-0.05, 0) is 72.6 Å². The molecule has 42 heavy (non-hydrogen) atoms. The van der Waals surface area contributed by atoms with Crippen LogP contribution in [0.1, 0.15) is 22.8 Å². The van der Waals surface area contributed by atoms with Crippen LogP contribution in [0.4, 0.5) is 17.2 Å². The topological polar surface area (TPSA) is 112 Å². The van der Waals surface area contributed by atoms with Gasteiger partial charge in [-0.3, -0.25) is 4.72 Å². The van der Waals surface area contributed by atoms with E-state index in [0.29, 0.717) is 29.8 Å². The smallest absolute Gasteiger partial charge is 0.336 e. The van der Waals surface area contributed by atoms with Crippen LogP contribution in [0.25, 0.3) is 10.9 Å². The molecule has 1 aromatic heterocycles. The Morgan fingerprint density at radius 1 is 0.905 bits per heavy atom. The van der Waals surface area contributed by atoms with Crippen molar-refractivity contribution in [3.8, 4) is 5.75 Å². The van der Waals surface area contributed by atoms with Crippen LogP contribution in [-0.4, -0.2) is 57.8 Å². The van der Waals surface area contributed by atoms with Crippen LogP contribution in [-0.2, 0) is 16.4 Å². The highest BCUT2D eigenvalue weighted by Crippen LogP contribution is 2.29. The number of sulfonamides is 1. The summed E-state index contributed by atoms with van der Waals surface area (Å²) in [6, 6.07) is 20.9. The summed E-state index contributed by atoms with van der Waals surface area (Å²) in [5.41, 5.74) is 2.96. The molecule has 0 unspecified atom stereocenters. The van der Waals surface area contributed by atoms with Gasteiger partial charge in [-0.15, -0.1) is 37.2 Å². The van der Waals surface area contributed by atoms with Gasteiger partial charge in [0.25, 0.3) is 10.0 Å². The molecule has 0 atom stereocenters. The number of nitrogens with one attached hydrogen (secondary N) is 1. The van der Waals surface area contributed by atoms with Crippen molar-refractivity contribution in [1.29, 1.82) is 0 Å². The molecule has 4 aromatic rings. The number of fused-ring (bicyclic) bond motifs is 1. The molecule has 9 nitrogen and oxygen atoms in total. The number of aromatic carboxylic acids is 1. The Morgan fingerprint density at radius 2 is 1.52 bits per heavy atom. The van der Waals surface area contributed by atoms with Crippen molar-refractivity contribution in [3.63, 3.8) is 0 Å². The van der Waals surface area contributed by atoms with Crippen LogP contribution in [0, 0.1) is 0 Å². The molecule has 2 N–H and O–H groups in total. The summed E-state index contributed by atoms with van der Waals surface area (Å²) in [4.78, 5) is 21.4. The normalized spacial score (nSPS) is 12.9. The number of nitrogens with zero attached hydrogens (tertiary/aromatic N) is 3. The molecule has 5 rings (SSSR count). The number of piperazine rings is 1. The third-order valence-electron chi connectivity index (χ3n) is 6.96. The second kappa shape index (κ2) is 14.6. The molecule has 0 aliphatic carbocycles. The van der Waals surface area contributed by atoms with Crippen molar-refractivity contribution in [1.82, 2.24) is 4.98 Å². The maximum Gasteiger partial charge on any atom is 0.336 e. The molecule has 3 aromatic carbocycles. The van der Waals surface area contributed by atoms with Gasteiger partial charge in [0, 0.05) is 42.9 Å². The first-order valence-corrected chi connectivity index (χ1v) is 14.2. The minimum atomic E-state index is -3.84. The number of methoxy groups -OCH3 is 1. The van der Waals surface area contributed by atoms with Gasteiger partial charge in [0.05, 0.1) is 23.1 Å². The second-order valence-corrected chi connectivity index (χ2v) is 11.0. The van der Waals surface area contributed by atoms with Gasteiger partial charge >= 0.3 is 5.97 Å². The Bertz CT molecular complexity index is 1610. The number of hydrogen-bond donors (Lipinski definition) is 2. The zero-order valence-electron chi connectivity index (χ0n) is 23.0. The summed E-state index contributed by atoms with van der Waals surface area (Å²) < 4.78 is 33.6. The number of hydrogen-bond acceptors (Lipinski definition) is 7. The first-order valence-electron chi connectivity index (χ1n) is 12.7. The summed E-state index contributed by atoms with van der Waals surface area (Å²) in [7, 11) is -2.20. The van der Waals surface area contributed by atoms with Crippen molar-refractivity contribution in [2.75, 3.05) is 47.8 Å². The van der Waals surface area contributed by atoms with E-state index < -0.39 is 16.0 Å². The Balaban J connectivity index is 0.00000205. The van der Waals surface area contributed by atoms with E-state index in [9.17, 15) is 18.3 Å². The lowest BCUT2D eigenvalue weighted by molar-refractivity contribution is 0.0699. The molecule has 0 spiro atoms. The Morgan fingerprint density at radius 3 is 2.10 bits per heavy atom. The average molecular weight is 656 g/mol. The van der Waals surface area contributed by atoms with Crippen molar-refractivity contribution in [2.24, 2.45) is 0 Å². The molecule has 1 fully saturated rings. The monoisotopic (exact) mass is 654 g/mol. The molecular formula is C29H33Cl3N4O5S. The lowest BCUT2D eigenvalue weighted by Gasteiger charge is -2.37. The highest BCUT2D eigenvalue weighted by Gasteiger charge is 2.22.